The van der Waals surface area contributed by atoms with Gasteiger partial charge in [-0.05, 0) is 11.6 Å². The molecule has 1 amide bonds. The molecule has 4 nitrogen and oxygen atoms in total. The summed E-state index contributed by atoms with van der Waals surface area (Å²) in [4.78, 5) is 23.4. The minimum Gasteiger partial charge on any atom is -0.323 e. The lowest BCUT2D eigenvalue weighted by atomic mass is 10.1. The summed E-state index contributed by atoms with van der Waals surface area (Å²) in [5.74, 6) is -0.154. The van der Waals surface area contributed by atoms with Crippen LogP contribution in [-0.2, 0) is 16.7 Å². The number of benzene rings is 1. The summed E-state index contributed by atoms with van der Waals surface area (Å²) >= 11 is 3.38. The number of nitrogens with zero attached hydrogens (tertiary/aromatic N) is 1. The fraction of sp³-hybridized carbons (Fsp3) is 0.167. The maximum atomic E-state index is 11.9. The third-order valence-corrected chi connectivity index (χ3v) is 3.54. The molecule has 1 aromatic heterocycles. The molecule has 0 spiro atoms. The van der Waals surface area contributed by atoms with Crippen LogP contribution in [0.2, 0.25) is 0 Å². The molecule has 0 atom stereocenters. The molecule has 0 unspecified atom stereocenters. The summed E-state index contributed by atoms with van der Waals surface area (Å²) in [5.41, 5.74) is 2.33. The van der Waals surface area contributed by atoms with E-state index in [4.69, 9.17) is 0 Å². The topological polar surface area (TPSA) is 51.1 Å². The van der Waals surface area contributed by atoms with E-state index < -0.39 is 0 Å². The van der Waals surface area contributed by atoms with E-state index in [0.29, 0.717) is 11.0 Å². The molecule has 17 heavy (non-hydrogen) atoms. The fourth-order valence-corrected chi connectivity index (χ4v) is 2.67. The summed E-state index contributed by atoms with van der Waals surface area (Å²) in [6.07, 6.45) is 0. The van der Waals surface area contributed by atoms with Gasteiger partial charge in [-0.25, -0.2) is 0 Å². The van der Waals surface area contributed by atoms with Crippen molar-refractivity contribution in [3.63, 3.8) is 0 Å². The van der Waals surface area contributed by atoms with Crippen molar-refractivity contribution >= 4 is 38.4 Å². The first-order chi connectivity index (χ1) is 8.20. The van der Waals surface area contributed by atoms with Crippen LogP contribution < -0.4 is 10.9 Å². The Labute approximate surface area is 105 Å². The highest BCUT2D eigenvalue weighted by molar-refractivity contribution is 9.08. The van der Waals surface area contributed by atoms with Gasteiger partial charge in [-0.15, -0.1) is 0 Å². The highest BCUT2D eigenvalue weighted by Crippen LogP contribution is 2.28. The quantitative estimate of drug-likeness (QED) is 0.816. The van der Waals surface area contributed by atoms with Crippen LogP contribution in [0.3, 0.4) is 0 Å². The highest BCUT2D eigenvalue weighted by Gasteiger charge is 2.19. The summed E-state index contributed by atoms with van der Waals surface area (Å²) < 4.78 is 1.52. The summed E-state index contributed by atoms with van der Waals surface area (Å²) in [5, 5.41) is 4.41. The summed E-state index contributed by atoms with van der Waals surface area (Å²) in [6.45, 7) is 0.0922. The van der Waals surface area contributed by atoms with Gasteiger partial charge in [0, 0.05) is 16.8 Å². The number of halogens is 1. The molecule has 0 saturated carbocycles. The monoisotopic (exact) mass is 292 g/mol. The van der Waals surface area contributed by atoms with Crippen molar-refractivity contribution < 1.29 is 4.79 Å². The lowest BCUT2D eigenvalue weighted by Gasteiger charge is -2.20. The average molecular weight is 293 g/mol. The number of aromatic nitrogens is 1. The van der Waals surface area contributed by atoms with Crippen LogP contribution in [0.1, 0.15) is 5.56 Å². The van der Waals surface area contributed by atoms with Crippen molar-refractivity contribution in [3.05, 3.63) is 40.2 Å². The van der Waals surface area contributed by atoms with Crippen LogP contribution in [0.5, 0.6) is 0 Å². The van der Waals surface area contributed by atoms with Gasteiger partial charge < -0.3 is 5.32 Å². The Bertz CT molecular complexity index is 691. The highest BCUT2D eigenvalue weighted by atomic mass is 79.9. The van der Waals surface area contributed by atoms with Gasteiger partial charge in [0.15, 0.2) is 0 Å². The Morgan fingerprint density at radius 3 is 2.94 bits per heavy atom. The molecule has 86 valence electrons. The summed E-state index contributed by atoms with van der Waals surface area (Å²) in [7, 11) is 0. The van der Waals surface area contributed by atoms with E-state index in [1.165, 1.54) is 4.57 Å². The second-order valence-electron chi connectivity index (χ2n) is 3.98. The standard InChI is InChI=1S/C12H9BrN2O2/c13-5-7-4-11(17)15-6-10(16)14-9-3-1-2-8(7)12(9)15/h1-4H,5-6H2,(H,14,16). The largest absolute Gasteiger partial charge is 0.323 e. The molecule has 0 fully saturated rings. The minimum atomic E-state index is -0.154. The zero-order valence-electron chi connectivity index (χ0n) is 8.87. The van der Waals surface area contributed by atoms with Crippen LogP contribution in [0.15, 0.2) is 29.1 Å². The number of rotatable bonds is 1. The average Bonchev–Trinajstić information content (AvgIpc) is 2.33. The number of carbonyl (C=O) groups excluding carboxylic acids is 1. The fourth-order valence-electron chi connectivity index (χ4n) is 2.21. The van der Waals surface area contributed by atoms with Crippen LogP contribution >= 0.6 is 15.9 Å². The van der Waals surface area contributed by atoms with Crippen LogP contribution in [0.4, 0.5) is 5.69 Å². The van der Waals surface area contributed by atoms with Crippen LogP contribution in [0, 0.1) is 0 Å². The van der Waals surface area contributed by atoms with Gasteiger partial charge in [-0.2, -0.15) is 0 Å². The van der Waals surface area contributed by atoms with Crippen molar-refractivity contribution in [3.8, 4) is 0 Å². The SMILES string of the molecule is O=C1Cn2c(=O)cc(CBr)c3cccc(c32)N1. The Kier molecular flexibility index (Phi) is 2.29. The Morgan fingerprint density at radius 1 is 1.35 bits per heavy atom. The van der Waals surface area contributed by atoms with Gasteiger partial charge in [-0.3, -0.25) is 14.2 Å². The molecule has 1 aliphatic rings. The minimum absolute atomic E-state index is 0.0922. The Hall–Kier alpha value is -1.62. The smallest absolute Gasteiger partial charge is 0.251 e. The van der Waals surface area contributed by atoms with Crippen molar-refractivity contribution in [2.24, 2.45) is 0 Å². The number of amides is 1. The molecule has 0 aliphatic carbocycles. The van der Waals surface area contributed by atoms with Gasteiger partial charge >= 0.3 is 0 Å². The molecule has 0 radical (unpaired) electrons. The maximum Gasteiger partial charge on any atom is 0.251 e. The number of hydrogen-bond donors (Lipinski definition) is 1. The van der Waals surface area contributed by atoms with Gasteiger partial charge in [-0.1, -0.05) is 28.1 Å². The molecule has 3 rings (SSSR count). The van der Waals surface area contributed by atoms with E-state index in [2.05, 4.69) is 21.2 Å². The normalized spacial score (nSPS) is 13.8. The third-order valence-electron chi connectivity index (χ3n) is 2.94. The second kappa shape index (κ2) is 3.70. The van der Waals surface area contributed by atoms with Gasteiger partial charge in [0.05, 0.1) is 11.2 Å². The van der Waals surface area contributed by atoms with E-state index in [-0.39, 0.29) is 18.0 Å². The number of nitrogens with one attached hydrogen (secondary N) is 1. The summed E-state index contributed by atoms with van der Waals surface area (Å²) in [6, 6.07) is 7.24. The molecule has 0 saturated heterocycles. The number of alkyl halides is 1. The zero-order chi connectivity index (χ0) is 12.0. The Balaban J connectivity index is 2.51. The van der Waals surface area contributed by atoms with E-state index in [1.54, 1.807) is 6.07 Å². The van der Waals surface area contributed by atoms with E-state index in [1.807, 2.05) is 18.2 Å². The van der Waals surface area contributed by atoms with Crippen LogP contribution in [-0.4, -0.2) is 10.5 Å². The first kappa shape index (κ1) is 10.5. The number of carbonyl (C=O) groups is 1. The zero-order valence-corrected chi connectivity index (χ0v) is 10.5. The molecule has 2 heterocycles. The number of para-hydroxylation sites is 1. The van der Waals surface area contributed by atoms with E-state index in [0.717, 1.165) is 16.5 Å². The second-order valence-corrected chi connectivity index (χ2v) is 4.54. The molecule has 1 aromatic carbocycles. The molecule has 2 aromatic rings. The van der Waals surface area contributed by atoms with Crippen LogP contribution in [0.25, 0.3) is 10.9 Å². The van der Waals surface area contributed by atoms with E-state index >= 15 is 0 Å². The lowest BCUT2D eigenvalue weighted by molar-refractivity contribution is -0.116. The number of pyridine rings is 1. The third kappa shape index (κ3) is 1.50. The predicted octanol–water partition coefficient (Wildman–Crippen LogP) is 1.85. The molecular formula is C12H9BrN2O2. The van der Waals surface area contributed by atoms with Gasteiger partial charge in [0.2, 0.25) is 5.91 Å². The first-order valence-electron chi connectivity index (χ1n) is 5.22. The molecule has 0 bridgehead atoms. The van der Waals surface area contributed by atoms with Gasteiger partial charge in [0.1, 0.15) is 6.54 Å². The van der Waals surface area contributed by atoms with E-state index in [9.17, 15) is 9.59 Å². The number of hydrogen-bond acceptors (Lipinski definition) is 2. The molecular weight excluding hydrogens is 284 g/mol. The first-order valence-corrected chi connectivity index (χ1v) is 6.34. The molecule has 1 N–H and O–H groups in total. The van der Waals surface area contributed by atoms with Crippen molar-refractivity contribution in [1.82, 2.24) is 4.57 Å². The van der Waals surface area contributed by atoms with Gasteiger partial charge in [0.25, 0.3) is 5.56 Å². The van der Waals surface area contributed by atoms with Crippen molar-refractivity contribution in [1.29, 1.82) is 0 Å². The van der Waals surface area contributed by atoms with Crippen molar-refractivity contribution in [2.75, 3.05) is 5.32 Å². The maximum absolute atomic E-state index is 11.9. The van der Waals surface area contributed by atoms with Crippen molar-refractivity contribution in [2.45, 2.75) is 11.9 Å². The molecule has 1 aliphatic heterocycles. The number of anilines is 1. The Morgan fingerprint density at radius 2 is 2.18 bits per heavy atom. The lowest BCUT2D eigenvalue weighted by Crippen LogP contribution is -2.32. The molecule has 5 heteroatoms. The predicted molar refractivity (Wildman–Crippen MR) is 69.5 cm³/mol.